The Morgan fingerprint density at radius 1 is 1.04 bits per heavy atom. The predicted molar refractivity (Wildman–Crippen MR) is 106 cm³/mol. The molecular formula is C17H17Cl2N3O3S. The third-order valence-corrected chi connectivity index (χ3v) is 5.92. The fourth-order valence-corrected chi connectivity index (χ4v) is 4.12. The van der Waals surface area contributed by atoms with Gasteiger partial charge in [-0.15, -0.1) is 0 Å². The van der Waals surface area contributed by atoms with E-state index in [9.17, 15) is 13.2 Å². The van der Waals surface area contributed by atoms with Crippen LogP contribution in [-0.2, 0) is 16.4 Å². The largest absolute Gasteiger partial charge is 0.323 e. The van der Waals surface area contributed by atoms with Crippen molar-refractivity contribution in [3.63, 3.8) is 0 Å². The van der Waals surface area contributed by atoms with Crippen LogP contribution in [0, 0.1) is 0 Å². The monoisotopic (exact) mass is 413 g/mol. The molecule has 0 spiro atoms. The van der Waals surface area contributed by atoms with Crippen LogP contribution in [0.5, 0.6) is 0 Å². The van der Waals surface area contributed by atoms with Crippen LogP contribution in [0.25, 0.3) is 0 Å². The van der Waals surface area contributed by atoms with Crippen molar-refractivity contribution >= 4 is 56.3 Å². The summed E-state index contributed by atoms with van der Waals surface area (Å²) in [6.45, 7) is 0.435. The highest BCUT2D eigenvalue weighted by Gasteiger charge is 2.24. The van der Waals surface area contributed by atoms with Crippen LogP contribution in [0.3, 0.4) is 0 Å². The first-order chi connectivity index (χ1) is 12.2. The lowest BCUT2D eigenvalue weighted by Crippen LogP contribution is -2.34. The molecule has 0 radical (unpaired) electrons. The Morgan fingerprint density at radius 2 is 1.69 bits per heavy atom. The van der Waals surface area contributed by atoms with E-state index in [2.05, 4.69) is 10.6 Å². The van der Waals surface area contributed by atoms with Crippen molar-refractivity contribution in [1.82, 2.24) is 0 Å². The summed E-state index contributed by atoms with van der Waals surface area (Å²) in [5.41, 5.74) is 2.53. The molecule has 1 aliphatic rings. The van der Waals surface area contributed by atoms with Crippen molar-refractivity contribution in [2.24, 2.45) is 0 Å². The second kappa shape index (κ2) is 7.34. The van der Waals surface area contributed by atoms with Gasteiger partial charge < -0.3 is 10.6 Å². The van der Waals surface area contributed by atoms with Crippen LogP contribution in [0.2, 0.25) is 10.0 Å². The number of nitrogens with zero attached hydrogens (tertiary/aromatic N) is 1. The topological polar surface area (TPSA) is 78.5 Å². The van der Waals surface area contributed by atoms with Gasteiger partial charge in [-0.2, -0.15) is 0 Å². The second-order valence-corrected chi connectivity index (χ2v) is 8.71. The molecule has 0 atom stereocenters. The average Bonchev–Trinajstić information content (AvgIpc) is 2.56. The number of rotatable bonds is 3. The van der Waals surface area contributed by atoms with Gasteiger partial charge in [0.15, 0.2) is 0 Å². The zero-order valence-electron chi connectivity index (χ0n) is 13.9. The molecule has 0 unspecified atom stereocenters. The van der Waals surface area contributed by atoms with Crippen molar-refractivity contribution in [3.05, 3.63) is 52.0 Å². The Labute approximate surface area is 162 Å². The molecule has 2 N–H and O–H groups in total. The number of fused-ring (bicyclic) bond motifs is 1. The van der Waals surface area contributed by atoms with Crippen molar-refractivity contribution < 1.29 is 13.2 Å². The van der Waals surface area contributed by atoms with Gasteiger partial charge in [0.1, 0.15) is 0 Å². The van der Waals surface area contributed by atoms with Crippen LogP contribution >= 0.6 is 23.2 Å². The summed E-state index contributed by atoms with van der Waals surface area (Å²) >= 11 is 11.8. The van der Waals surface area contributed by atoms with E-state index in [1.54, 1.807) is 30.3 Å². The number of hydrogen-bond donors (Lipinski definition) is 2. The molecule has 0 saturated heterocycles. The van der Waals surface area contributed by atoms with Crippen molar-refractivity contribution in [3.8, 4) is 0 Å². The van der Waals surface area contributed by atoms with E-state index in [0.717, 1.165) is 18.4 Å². The first-order valence-electron chi connectivity index (χ1n) is 7.88. The molecular weight excluding hydrogens is 397 g/mol. The van der Waals surface area contributed by atoms with Crippen molar-refractivity contribution in [1.29, 1.82) is 0 Å². The van der Waals surface area contributed by atoms with E-state index in [1.807, 2.05) is 6.07 Å². The number of carbonyl (C=O) groups excluding carboxylic acids is 1. The Balaban J connectivity index is 1.78. The number of sulfonamides is 1. The smallest absolute Gasteiger partial charge is 0.308 e. The van der Waals surface area contributed by atoms with Crippen LogP contribution in [0.1, 0.15) is 12.0 Å². The van der Waals surface area contributed by atoms with Crippen LogP contribution in [0.15, 0.2) is 36.4 Å². The van der Waals surface area contributed by atoms with Crippen LogP contribution in [-0.4, -0.2) is 27.2 Å². The van der Waals surface area contributed by atoms with E-state index in [4.69, 9.17) is 23.2 Å². The van der Waals surface area contributed by atoms with E-state index in [-0.39, 0.29) is 0 Å². The second-order valence-electron chi connectivity index (χ2n) is 5.99. The highest BCUT2D eigenvalue weighted by Crippen LogP contribution is 2.32. The predicted octanol–water partition coefficient (Wildman–Crippen LogP) is 4.35. The molecule has 2 amide bonds. The number of carbonyl (C=O) groups is 1. The molecule has 1 heterocycles. The van der Waals surface area contributed by atoms with Crippen molar-refractivity contribution in [2.45, 2.75) is 12.8 Å². The maximum absolute atomic E-state index is 12.2. The number of halogens is 2. The van der Waals surface area contributed by atoms with E-state index >= 15 is 0 Å². The lowest BCUT2D eigenvalue weighted by atomic mass is 10.0. The van der Waals surface area contributed by atoms with Gasteiger partial charge in [0.05, 0.1) is 22.0 Å². The van der Waals surface area contributed by atoms with Gasteiger partial charge in [-0.3, -0.25) is 4.31 Å². The molecule has 2 aromatic rings. The summed E-state index contributed by atoms with van der Waals surface area (Å²) in [4.78, 5) is 12.2. The number of anilines is 3. The molecule has 138 valence electrons. The summed E-state index contributed by atoms with van der Waals surface area (Å²) in [5, 5.41) is 6.09. The first kappa shape index (κ1) is 18.8. The number of benzene rings is 2. The SMILES string of the molecule is CS(=O)(=O)N1CCCc2ccc(NC(=O)Nc3ccc(Cl)c(Cl)c3)cc21. The molecule has 0 saturated carbocycles. The lowest BCUT2D eigenvalue weighted by molar-refractivity contribution is 0.262. The van der Waals surface area contributed by atoms with Gasteiger partial charge in [0.25, 0.3) is 0 Å². The lowest BCUT2D eigenvalue weighted by Gasteiger charge is -2.29. The zero-order valence-corrected chi connectivity index (χ0v) is 16.2. The van der Waals surface area contributed by atoms with Gasteiger partial charge in [-0.1, -0.05) is 29.3 Å². The fraction of sp³-hybridized carbons (Fsp3) is 0.235. The molecule has 6 nitrogen and oxygen atoms in total. The van der Waals surface area contributed by atoms with Gasteiger partial charge in [0.2, 0.25) is 10.0 Å². The Morgan fingerprint density at radius 3 is 2.35 bits per heavy atom. The summed E-state index contributed by atoms with van der Waals surface area (Å²) in [7, 11) is -3.36. The normalized spacial score (nSPS) is 13.9. The third-order valence-electron chi connectivity index (χ3n) is 4.00. The van der Waals surface area contributed by atoms with Gasteiger partial charge in [0, 0.05) is 17.9 Å². The number of hydrogen-bond acceptors (Lipinski definition) is 3. The summed E-state index contributed by atoms with van der Waals surface area (Å²) < 4.78 is 25.3. The Bertz CT molecular complexity index is 964. The minimum absolute atomic E-state index is 0.335. The van der Waals surface area contributed by atoms with Gasteiger partial charge >= 0.3 is 6.03 Å². The Kier molecular flexibility index (Phi) is 5.32. The van der Waals surface area contributed by atoms with E-state index in [0.29, 0.717) is 33.7 Å². The summed E-state index contributed by atoms with van der Waals surface area (Å²) in [6, 6.07) is 9.55. The van der Waals surface area contributed by atoms with Crippen molar-refractivity contribution in [2.75, 3.05) is 27.7 Å². The maximum Gasteiger partial charge on any atom is 0.323 e. The number of aryl methyl sites for hydroxylation is 1. The maximum atomic E-state index is 12.2. The molecule has 0 aromatic heterocycles. The van der Waals surface area contributed by atoms with Crippen LogP contribution < -0.4 is 14.9 Å². The van der Waals surface area contributed by atoms with Crippen LogP contribution in [0.4, 0.5) is 21.9 Å². The van der Waals surface area contributed by atoms with Gasteiger partial charge in [-0.05, 0) is 48.7 Å². The minimum atomic E-state index is -3.36. The Hall–Kier alpha value is -1.96. The van der Waals surface area contributed by atoms with E-state index in [1.165, 1.54) is 10.6 Å². The molecule has 0 bridgehead atoms. The van der Waals surface area contributed by atoms with E-state index < -0.39 is 16.1 Å². The van der Waals surface area contributed by atoms with Gasteiger partial charge in [-0.25, -0.2) is 13.2 Å². The summed E-state index contributed by atoms with van der Waals surface area (Å²) in [6.07, 6.45) is 2.75. The third kappa shape index (κ3) is 4.23. The minimum Gasteiger partial charge on any atom is -0.308 e. The summed E-state index contributed by atoms with van der Waals surface area (Å²) in [5.74, 6) is 0. The molecule has 26 heavy (non-hydrogen) atoms. The first-order valence-corrected chi connectivity index (χ1v) is 10.5. The molecule has 9 heteroatoms. The quantitative estimate of drug-likeness (QED) is 0.784. The highest BCUT2D eigenvalue weighted by atomic mass is 35.5. The zero-order chi connectivity index (χ0) is 18.9. The molecule has 0 aliphatic carbocycles. The number of amides is 2. The molecule has 3 rings (SSSR count). The number of nitrogens with one attached hydrogen (secondary N) is 2. The molecule has 2 aromatic carbocycles. The number of urea groups is 1. The fourth-order valence-electron chi connectivity index (χ4n) is 2.83. The average molecular weight is 414 g/mol. The molecule has 1 aliphatic heterocycles. The highest BCUT2D eigenvalue weighted by molar-refractivity contribution is 7.92. The standard InChI is InChI=1S/C17H17Cl2N3O3S/c1-26(24,25)22-8-2-3-11-4-5-13(10-16(11)22)21-17(23)20-12-6-7-14(18)15(19)9-12/h4-7,9-10H,2-3,8H2,1H3,(H2,20,21,23). The molecule has 0 fully saturated rings.